The Morgan fingerprint density at radius 1 is 0.800 bits per heavy atom. The van der Waals surface area contributed by atoms with Crippen LogP contribution in [-0.2, 0) is 0 Å². The van der Waals surface area contributed by atoms with Gasteiger partial charge in [-0.3, -0.25) is 0 Å². The molecule has 2 N–H and O–H groups in total. The van der Waals surface area contributed by atoms with Crippen LogP contribution in [0.1, 0.15) is 26.5 Å². The normalized spacial score (nSPS) is 11.4. The molecule has 30 heavy (non-hydrogen) atoms. The van der Waals surface area contributed by atoms with E-state index in [1.54, 1.807) is 0 Å². The van der Waals surface area contributed by atoms with Crippen molar-refractivity contribution in [1.29, 1.82) is 0 Å². The first-order valence-electron chi connectivity index (χ1n) is 9.26. The Kier molecular flexibility index (Phi) is 3.83. The highest BCUT2D eigenvalue weighted by atomic mass is 16.5. The first kappa shape index (κ1) is 17.9. The summed E-state index contributed by atoms with van der Waals surface area (Å²) in [6, 6.07) is 18.8. The molecule has 146 valence electrons. The molecule has 0 atom stereocenters. The minimum absolute atomic E-state index is 0.109. The van der Waals surface area contributed by atoms with Crippen molar-refractivity contribution in [3.8, 4) is 11.5 Å². The molecule has 6 heteroatoms. The molecule has 0 aliphatic carbocycles. The number of pyridine rings is 1. The van der Waals surface area contributed by atoms with Crippen LogP contribution in [0, 0.1) is 6.92 Å². The standard InChI is InChI=1S/C24H15NO5/c1-12-9-15-6-5-13-3-2-4-14-7-8-17(21(15)20(13)14)22(12)30-16-10-18(23(26)27)25-19(11-16)24(28)29/h2-11H,1H3,(H,26,27)(H,28,29). The Balaban J connectivity index is 1.76. The van der Waals surface area contributed by atoms with Crippen molar-refractivity contribution in [3.63, 3.8) is 0 Å². The van der Waals surface area contributed by atoms with Crippen LogP contribution in [0.4, 0.5) is 0 Å². The number of carboxylic acids is 2. The molecule has 5 rings (SSSR count). The van der Waals surface area contributed by atoms with Crippen LogP contribution in [0.15, 0.2) is 60.7 Å². The van der Waals surface area contributed by atoms with Gasteiger partial charge in [-0.05, 0) is 46.2 Å². The second kappa shape index (κ2) is 6.42. The minimum atomic E-state index is -1.32. The number of benzene rings is 4. The highest BCUT2D eigenvalue weighted by molar-refractivity contribution is 6.24. The number of hydrogen-bond acceptors (Lipinski definition) is 4. The molecule has 0 bridgehead atoms. The second-order valence-electron chi connectivity index (χ2n) is 7.16. The molecule has 1 aromatic heterocycles. The summed E-state index contributed by atoms with van der Waals surface area (Å²) in [6.45, 7) is 1.90. The van der Waals surface area contributed by atoms with Gasteiger partial charge in [0.1, 0.15) is 11.5 Å². The summed E-state index contributed by atoms with van der Waals surface area (Å²) in [7, 11) is 0. The summed E-state index contributed by atoms with van der Waals surface area (Å²) in [5, 5.41) is 24.9. The lowest BCUT2D eigenvalue weighted by atomic mass is 9.92. The lowest BCUT2D eigenvalue weighted by Crippen LogP contribution is -2.08. The van der Waals surface area contributed by atoms with E-state index in [1.165, 1.54) is 12.1 Å². The van der Waals surface area contributed by atoms with Gasteiger partial charge in [0.05, 0.1) is 0 Å². The molecule has 0 aliphatic heterocycles. The predicted octanol–water partition coefficient (Wildman–Crippen LogP) is 5.48. The molecule has 5 aromatic rings. The van der Waals surface area contributed by atoms with E-state index in [9.17, 15) is 19.8 Å². The van der Waals surface area contributed by atoms with Crippen molar-refractivity contribution < 1.29 is 24.5 Å². The van der Waals surface area contributed by atoms with Crippen LogP contribution in [0.25, 0.3) is 32.3 Å². The molecule has 0 unspecified atom stereocenters. The molecule has 0 saturated carbocycles. The summed E-state index contributed by atoms with van der Waals surface area (Å²) < 4.78 is 6.08. The van der Waals surface area contributed by atoms with Gasteiger partial charge in [0.2, 0.25) is 0 Å². The zero-order valence-corrected chi connectivity index (χ0v) is 15.8. The van der Waals surface area contributed by atoms with Gasteiger partial charge in [-0.2, -0.15) is 0 Å². The van der Waals surface area contributed by atoms with Gasteiger partial charge in [0, 0.05) is 22.9 Å². The molecular weight excluding hydrogens is 382 g/mol. The fourth-order valence-corrected chi connectivity index (χ4v) is 3.97. The Bertz CT molecular complexity index is 1440. The molecule has 4 aromatic carbocycles. The third-order valence-corrected chi connectivity index (χ3v) is 5.24. The lowest BCUT2D eigenvalue weighted by molar-refractivity contribution is 0.0684. The van der Waals surface area contributed by atoms with Crippen LogP contribution < -0.4 is 4.74 Å². The molecular formula is C24H15NO5. The second-order valence-corrected chi connectivity index (χ2v) is 7.16. The van der Waals surface area contributed by atoms with Crippen LogP contribution in [0.5, 0.6) is 11.5 Å². The van der Waals surface area contributed by atoms with Crippen molar-refractivity contribution in [2.24, 2.45) is 0 Å². The maximum atomic E-state index is 11.4. The highest BCUT2D eigenvalue weighted by Crippen LogP contribution is 2.42. The summed E-state index contributed by atoms with van der Waals surface area (Å²) in [5.41, 5.74) is 0.0759. The number of nitrogens with zero attached hydrogens (tertiary/aromatic N) is 1. The zero-order valence-electron chi connectivity index (χ0n) is 15.8. The molecule has 0 radical (unpaired) electrons. The molecule has 0 saturated heterocycles. The Morgan fingerprint density at radius 2 is 1.40 bits per heavy atom. The first-order chi connectivity index (χ1) is 14.4. The average molecular weight is 397 g/mol. The lowest BCUT2D eigenvalue weighted by Gasteiger charge is -2.17. The number of aryl methyl sites for hydroxylation is 1. The van der Waals surface area contributed by atoms with E-state index >= 15 is 0 Å². The van der Waals surface area contributed by atoms with Crippen molar-refractivity contribution in [3.05, 3.63) is 77.6 Å². The summed E-state index contributed by atoms with van der Waals surface area (Å²) in [5.74, 6) is -1.98. The monoisotopic (exact) mass is 397 g/mol. The maximum Gasteiger partial charge on any atom is 0.354 e. The number of carboxylic acid groups (broad SMARTS) is 2. The van der Waals surface area contributed by atoms with Gasteiger partial charge >= 0.3 is 11.9 Å². The Morgan fingerprint density at radius 3 is 2.03 bits per heavy atom. The molecule has 0 aliphatic rings. The summed E-state index contributed by atoms with van der Waals surface area (Å²) in [6.07, 6.45) is 0. The number of ether oxygens (including phenoxy) is 1. The van der Waals surface area contributed by atoms with Gasteiger partial charge in [-0.15, -0.1) is 0 Å². The average Bonchev–Trinajstić information content (AvgIpc) is 2.73. The Labute approximate surface area is 170 Å². The fourth-order valence-electron chi connectivity index (χ4n) is 3.97. The van der Waals surface area contributed by atoms with Crippen molar-refractivity contribution in [2.45, 2.75) is 6.92 Å². The number of rotatable bonds is 4. The number of aromatic nitrogens is 1. The van der Waals surface area contributed by atoms with Crippen molar-refractivity contribution in [2.75, 3.05) is 0 Å². The van der Waals surface area contributed by atoms with Gasteiger partial charge in [0.15, 0.2) is 11.4 Å². The smallest absolute Gasteiger partial charge is 0.354 e. The zero-order chi connectivity index (χ0) is 21.0. The summed E-state index contributed by atoms with van der Waals surface area (Å²) in [4.78, 5) is 26.4. The number of aromatic carboxylic acids is 2. The number of carbonyl (C=O) groups is 2. The van der Waals surface area contributed by atoms with E-state index < -0.39 is 11.9 Å². The predicted molar refractivity (Wildman–Crippen MR) is 113 cm³/mol. The van der Waals surface area contributed by atoms with E-state index in [0.717, 1.165) is 37.9 Å². The minimum Gasteiger partial charge on any atom is -0.477 e. The van der Waals surface area contributed by atoms with Crippen LogP contribution >= 0.6 is 0 Å². The van der Waals surface area contributed by atoms with Crippen molar-refractivity contribution >= 4 is 44.3 Å². The molecule has 0 amide bonds. The topological polar surface area (TPSA) is 96.7 Å². The van der Waals surface area contributed by atoms with E-state index in [-0.39, 0.29) is 17.1 Å². The van der Waals surface area contributed by atoms with E-state index in [0.29, 0.717) is 5.75 Å². The largest absolute Gasteiger partial charge is 0.477 e. The molecule has 1 heterocycles. The van der Waals surface area contributed by atoms with Gasteiger partial charge in [-0.25, -0.2) is 14.6 Å². The quantitative estimate of drug-likeness (QED) is 0.390. The van der Waals surface area contributed by atoms with E-state index in [2.05, 4.69) is 29.2 Å². The molecule has 6 nitrogen and oxygen atoms in total. The summed E-state index contributed by atoms with van der Waals surface area (Å²) >= 11 is 0. The highest BCUT2D eigenvalue weighted by Gasteiger charge is 2.18. The van der Waals surface area contributed by atoms with Gasteiger partial charge in [0.25, 0.3) is 0 Å². The molecule has 0 spiro atoms. The number of hydrogen-bond donors (Lipinski definition) is 2. The SMILES string of the molecule is Cc1cc2ccc3cccc4ccc(c1Oc1cc(C(=O)O)nc(C(=O)O)c1)c2c34. The third kappa shape index (κ3) is 2.69. The third-order valence-electron chi connectivity index (χ3n) is 5.24. The first-order valence-corrected chi connectivity index (χ1v) is 9.26. The van der Waals surface area contributed by atoms with Gasteiger partial charge < -0.3 is 14.9 Å². The van der Waals surface area contributed by atoms with E-state index in [1.807, 2.05) is 31.2 Å². The fraction of sp³-hybridized carbons (Fsp3) is 0.0417. The van der Waals surface area contributed by atoms with E-state index in [4.69, 9.17) is 4.74 Å². The van der Waals surface area contributed by atoms with Crippen LogP contribution in [-0.4, -0.2) is 27.1 Å². The van der Waals surface area contributed by atoms with Crippen molar-refractivity contribution in [1.82, 2.24) is 4.98 Å². The maximum absolute atomic E-state index is 11.4. The van der Waals surface area contributed by atoms with Gasteiger partial charge in [-0.1, -0.05) is 36.4 Å². The van der Waals surface area contributed by atoms with Crippen LogP contribution in [0.3, 0.4) is 0 Å². The Hall–Kier alpha value is -4.19. The van der Waals surface area contributed by atoms with Crippen LogP contribution in [0.2, 0.25) is 0 Å². The molecule has 0 fully saturated rings.